The predicted octanol–water partition coefficient (Wildman–Crippen LogP) is 2.19. The van der Waals surface area contributed by atoms with E-state index in [1.165, 1.54) is 0 Å². The Morgan fingerprint density at radius 1 is 1.33 bits per heavy atom. The molecule has 2 rings (SSSR count). The highest BCUT2D eigenvalue weighted by Crippen LogP contribution is 2.30. The maximum atomic E-state index is 12.0. The molecule has 4 nitrogen and oxygen atoms in total. The van der Waals surface area contributed by atoms with E-state index in [0.29, 0.717) is 36.7 Å². The molecule has 1 unspecified atom stereocenters. The number of Topliss-reactive ketones (excluding diaryl/α,β-unsaturated/α-hetero) is 1. The van der Waals surface area contributed by atoms with Crippen LogP contribution in [-0.2, 0) is 0 Å². The lowest BCUT2D eigenvalue weighted by atomic mass is 10.0. The molecule has 18 heavy (non-hydrogen) atoms. The molecule has 0 radical (unpaired) electrons. The Morgan fingerprint density at radius 3 is 2.78 bits per heavy atom. The van der Waals surface area contributed by atoms with Gasteiger partial charge >= 0.3 is 0 Å². The summed E-state index contributed by atoms with van der Waals surface area (Å²) in [5.41, 5.74) is 0.472. The Kier molecular flexibility index (Phi) is 4.20. The van der Waals surface area contributed by atoms with Gasteiger partial charge in [0.2, 0.25) is 0 Å². The van der Waals surface area contributed by atoms with E-state index in [1.807, 2.05) is 6.92 Å². The van der Waals surface area contributed by atoms with Gasteiger partial charge in [0.05, 0.1) is 13.2 Å². The van der Waals surface area contributed by atoms with Crippen molar-refractivity contribution in [2.24, 2.45) is 0 Å². The van der Waals surface area contributed by atoms with Crippen molar-refractivity contribution in [3.63, 3.8) is 0 Å². The lowest BCUT2D eigenvalue weighted by Gasteiger charge is -2.11. The molecule has 0 aromatic heterocycles. The van der Waals surface area contributed by atoms with Gasteiger partial charge in [0.15, 0.2) is 17.3 Å². The average Bonchev–Trinajstić information content (AvgIpc) is 2.62. The van der Waals surface area contributed by atoms with Crippen molar-refractivity contribution in [3.05, 3.63) is 23.8 Å². The van der Waals surface area contributed by atoms with E-state index >= 15 is 0 Å². The zero-order valence-electron chi connectivity index (χ0n) is 10.5. The standard InChI is InChI=1S/C14H18O4/c1-2-4-11(15)14(16)10-5-6-12-13(9-10)18-8-3-7-17-12/h5-6,9,11,15H,2-4,7-8H2,1H3. The molecule has 1 aliphatic rings. The Labute approximate surface area is 107 Å². The molecule has 0 saturated carbocycles. The van der Waals surface area contributed by atoms with Gasteiger partial charge in [-0.15, -0.1) is 0 Å². The summed E-state index contributed by atoms with van der Waals surface area (Å²) < 4.78 is 11.0. The second kappa shape index (κ2) is 5.87. The lowest BCUT2D eigenvalue weighted by molar-refractivity contribution is 0.0729. The molecule has 0 saturated heterocycles. The molecule has 4 heteroatoms. The highest BCUT2D eigenvalue weighted by Gasteiger charge is 2.19. The van der Waals surface area contributed by atoms with E-state index in [0.717, 1.165) is 12.8 Å². The highest BCUT2D eigenvalue weighted by molar-refractivity contribution is 5.99. The molecule has 98 valence electrons. The summed E-state index contributed by atoms with van der Waals surface area (Å²) in [5, 5.41) is 9.71. The Morgan fingerprint density at radius 2 is 2.06 bits per heavy atom. The molecular formula is C14H18O4. The van der Waals surface area contributed by atoms with Gasteiger partial charge in [-0.05, 0) is 24.6 Å². The molecule has 0 fully saturated rings. The van der Waals surface area contributed by atoms with Crippen molar-refractivity contribution in [3.8, 4) is 11.5 Å². The van der Waals surface area contributed by atoms with Crippen LogP contribution in [0.5, 0.6) is 11.5 Å². The number of hydrogen-bond acceptors (Lipinski definition) is 4. The second-order valence-corrected chi connectivity index (χ2v) is 4.38. The number of carbonyl (C=O) groups excluding carboxylic acids is 1. The third-order valence-corrected chi connectivity index (χ3v) is 2.90. The number of aliphatic hydroxyl groups excluding tert-OH is 1. The van der Waals surface area contributed by atoms with Crippen molar-refractivity contribution in [1.29, 1.82) is 0 Å². The number of fused-ring (bicyclic) bond motifs is 1. The fraction of sp³-hybridized carbons (Fsp3) is 0.500. The first-order chi connectivity index (χ1) is 8.72. The summed E-state index contributed by atoms with van der Waals surface area (Å²) in [6.45, 7) is 3.14. The van der Waals surface area contributed by atoms with Crippen LogP contribution in [0.25, 0.3) is 0 Å². The Bertz CT molecular complexity index is 428. The van der Waals surface area contributed by atoms with Crippen LogP contribution in [0.15, 0.2) is 18.2 Å². The predicted molar refractivity (Wildman–Crippen MR) is 67.3 cm³/mol. The quantitative estimate of drug-likeness (QED) is 0.832. The molecule has 1 aromatic rings. The molecule has 0 bridgehead atoms. The van der Waals surface area contributed by atoms with Crippen molar-refractivity contribution < 1.29 is 19.4 Å². The van der Waals surface area contributed by atoms with Crippen molar-refractivity contribution in [2.75, 3.05) is 13.2 Å². The maximum Gasteiger partial charge on any atom is 0.191 e. The van der Waals surface area contributed by atoms with Gasteiger partial charge in [-0.25, -0.2) is 0 Å². The van der Waals surface area contributed by atoms with E-state index < -0.39 is 6.10 Å². The van der Waals surface area contributed by atoms with Gasteiger partial charge in [0.25, 0.3) is 0 Å². The zero-order valence-corrected chi connectivity index (χ0v) is 10.5. The maximum absolute atomic E-state index is 12.0. The fourth-order valence-electron chi connectivity index (χ4n) is 1.91. The van der Waals surface area contributed by atoms with Crippen LogP contribution in [0.4, 0.5) is 0 Å². The fourth-order valence-corrected chi connectivity index (χ4v) is 1.91. The monoisotopic (exact) mass is 250 g/mol. The van der Waals surface area contributed by atoms with Gasteiger partial charge in [-0.3, -0.25) is 4.79 Å². The van der Waals surface area contributed by atoms with Crippen molar-refractivity contribution in [2.45, 2.75) is 32.3 Å². The number of rotatable bonds is 4. The second-order valence-electron chi connectivity index (χ2n) is 4.38. The lowest BCUT2D eigenvalue weighted by Crippen LogP contribution is -2.20. The first kappa shape index (κ1) is 12.9. The first-order valence-corrected chi connectivity index (χ1v) is 6.34. The largest absolute Gasteiger partial charge is 0.490 e. The summed E-state index contributed by atoms with van der Waals surface area (Å²) >= 11 is 0. The van der Waals surface area contributed by atoms with Crippen LogP contribution in [0.3, 0.4) is 0 Å². The minimum Gasteiger partial charge on any atom is -0.490 e. The van der Waals surface area contributed by atoms with Crippen LogP contribution < -0.4 is 9.47 Å². The molecule has 1 heterocycles. The topological polar surface area (TPSA) is 55.8 Å². The first-order valence-electron chi connectivity index (χ1n) is 6.34. The van der Waals surface area contributed by atoms with E-state index in [1.54, 1.807) is 18.2 Å². The van der Waals surface area contributed by atoms with Gasteiger partial charge in [0.1, 0.15) is 6.10 Å². The summed E-state index contributed by atoms with van der Waals surface area (Å²) in [5.74, 6) is 0.989. The van der Waals surface area contributed by atoms with Crippen molar-refractivity contribution >= 4 is 5.78 Å². The van der Waals surface area contributed by atoms with E-state index in [-0.39, 0.29) is 5.78 Å². The van der Waals surface area contributed by atoms with E-state index in [2.05, 4.69) is 0 Å². The number of ketones is 1. The van der Waals surface area contributed by atoms with Gasteiger partial charge < -0.3 is 14.6 Å². The summed E-state index contributed by atoms with van der Waals surface area (Å²) in [6.07, 6.45) is 1.15. The third-order valence-electron chi connectivity index (χ3n) is 2.90. The van der Waals surface area contributed by atoms with Gasteiger partial charge in [-0.2, -0.15) is 0 Å². The van der Waals surface area contributed by atoms with Crippen LogP contribution in [0.1, 0.15) is 36.5 Å². The SMILES string of the molecule is CCCC(O)C(=O)c1ccc2c(c1)OCCCO2. The number of benzene rings is 1. The third kappa shape index (κ3) is 2.82. The van der Waals surface area contributed by atoms with Crippen LogP contribution >= 0.6 is 0 Å². The summed E-state index contributed by atoms with van der Waals surface area (Å²) in [6, 6.07) is 5.06. The molecule has 1 N–H and O–H groups in total. The molecule has 0 spiro atoms. The molecule has 1 aromatic carbocycles. The number of carbonyl (C=O) groups is 1. The highest BCUT2D eigenvalue weighted by atomic mass is 16.5. The average molecular weight is 250 g/mol. The van der Waals surface area contributed by atoms with Crippen molar-refractivity contribution in [1.82, 2.24) is 0 Å². The molecule has 1 aliphatic heterocycles. The molecular weight excluding hydrogens is 232 g/mol. The minimum absolute atomic E-state index is 0.257. The number of ether oxygens (including phenoxy) is 2. The number of aliphatic hydroxyl groups is 1. The minimum atomic E-state index is -0.931. The van der Waals surface area contributed by atoms with Crippen LogP contribution in [0.2, 0.25) is 0 Å². The summed E-state index contributed by atoms with van der Waals surface area (Å²) in [7, 11) is 0. The van der Waals surface area contributed by atoms with Gasteiger partial charge in [0, 0.05) is 12.0 Å². The van der Waals surface area contributed by atoms with Crippen LogP contribution in [-0.4, -0.2) is 30.2 Å². The molecule has 1 atom stereocenters. The van der Waals surface area contributed by atoms with E-state index in [4.69, 9.17) is 9.47 Å². The molecule has 0 amide bonds. The van der Waals surface area contributed by atoms with Crippen LogP contribution in [0, 0.1) is 0 Å². The van der Waals surface area contributed by atoms with Gasteiger partial charge in [-0.1, -0.05) is 13.3 Å². The summed E-state index contributed by atoms with van der Waals surface area (Å²) in [4.78, 5) is 12.0. The Balaban J connectivity index is 2.19. The molecule has 0 aliphatic carbocycles. The normalized spacial score (nSPS) is 15.9. The number of hydrogen-bond donors (Lipinski definition) is 1. The zero-order chi connectivity index (χ0) is 13.0. The smallest absolute Gasteiger partial charge is 0.191 e. The Hall–Kier alpha value is -1.55. The van der Waals surface area contributed by atoms with E-state index in [9.17, 15) is 9.90 Å².